The lowest BCUT2D eigenvalue weighted by Gasteiger charge is -2.27. The van der Waals surface area contributed by atoms with Gasteiger partial charge in [-0.25, -0.2) is 0 Å². The Balaban J connectivity index is 1.75. The molecule has 2 aliphatic rings. The Labute approximate surface area is 140 Å². The van der Waals surface area contributed by atoms with E-state index in [0.717, 1.165) is 36.0 Å². The molecule has 0 N–H and O–H groups in total. The molecule has 2 aliphatic heterocycles. The van der Waals surface area contributed by atoms with Crippen molar-refractivity contribution in [3.8, 4) is 5.75 Å². The highest BCUT2D eigenvalue weighted by molar-refractivity contribution is 8.18. The van der Waals surface area contributed by atoms with Gasteiger partial charge in [-0.1, -0.05) is 25.1 Å². The summed E-state index contributed by atoms with van der Waals surface area (Å²) >= 11 is 1.43. The van der Waals surface area contributed by atoms with Crippen LogP contribution in [-0.4, -0.2) is 48.9 Å². The average molecular weight is 332 g/mol. The fourth-order valence-electron chi connectivity index (χ4n) is 2.37. The Kier molecular flexibility index (Phi) is 5.35. The standard InChI is InChI=1S/C17H20N2O3S/c1-2-9-22-14-6-4-3-5-13(14)12-15-16(20)18-17(23-15)19-7-10-21-11-8-19/h3-6,12H,2,7-11H2,1H3/b15-12+. The van der Waals surface area contributed by atoms with Crippen LogP contribution >= 0.6 is 11.8 Å². The van der Waals surface area contributed by atoms with Gasteiger partial charge >= 0.3 is 0 Å². The molecule has 0 saturated carbocycles. The third-order valence-electron chi connectivity index (χ3n) is 3.56. The van der Waals surface area contributed by atoms with Crippen molar-refractivity contribution in [1.29, 1.82) is 0 Å². The first-order valence-corrected chi connectivity index (χ1v) is 8.66. The van der Waals surface area contributed by atoms with Crippen molar-refractivity contribution in [2.75, 3.05) is 32.9 Å². The topological polar surface area (TPSA) is 51.1 Å². The van der Waals surface area contributed by atoms with Crippen LogP contribution in [0.5, 0.6) is 5.75 Å². The Morgan fingerprint density at radius 2 is 2.13 bits per heavy atom. The van der Waals surface area contributed by atoms with Crippen LogP contribution < -0.4 is 4.74 Å². The monoisotopic (exact) mass is 332 g/mol. The van der Waals surface area contributed by atoms with Crippen molar-refractivity contribution in [3.63, 3.8) is 0 Å². The Morgan fingerprint density at radius 3 is 2.91 bits per heavy atom. The summed E-state index contributed by atoms with van der Waals surface area (Å²) in [6, 6.07) is 7.76. The Morgan fingerprint density at radius 1 is 1.35 bits per heavy atom. The molecule has 122 valence electrons. The highest BCUT2D eigenvalue weighted by Crippen LogP contribution is 2.32. The molecule has 0 spiro atoms. The minimum atomic E-state index is -0.179. The van der Waals surface area contributed by atoms with E-state index in [1.54, 1.807) is 0 Å². The smallest absolute Gasteiger partial charge is 0.286 e. The van der Waals surface area contributed by atoms with Crippen molar-refractivity contribution in [1.82, 2.24) is 4.90 Å². The number of rotatable bonds is 4. The van der Waals surface area contributed by atoms with E-state index in [-0.39, 0.29) is 5.91 Å². The van der Waals surface area contributed by atoms with E-state index in [9.17, 15) is 4.79 Å². The van der Waals surface area contributed by atoms with Crippen LogP contribution in [0.25, 0.3) is 6.08 Å². The molecule has 23 heavy (non-hydrogen) atoms. The quantitative estimate of drug-likeness (QED) is 0.794. The zero-order valence-electron chi connectivity index (χ0n) is 13.2. The van der Waals surface area contributed by atoms with Gasteiger partial charge < -0.3 is 14.4 Å². The highest BCUT2D eigenvalue weighted by atomic mass is 32.2. The summed E-state index contributed by atoms with van der Waals surface area (Å²) in [4.78, 5) is 19.1. The van der Waals surface area contributed by atoms with E-state index in [2.05, 4.69) is 16.8 Å². The summed E-state index contributed by atoms with van der Waals surface area (Å²) < 4.78 is 11.1. The molecular weight excluding hydrogens is 312 g/mol. The number of carbonyl (C=O) groups excluding carboxylic acids is 1. The number of nitrogens with zero attached hydrogens (tertiary/aromatic N) is 2. The van der Waals surface area contributed by atoms with Crippen LogP contribution in [0.1, 0.15) is 18.9 Å². The third-order valence-corrected chi connectivity index (χ3v) is 4.60. The average Bonchev–Trinajstić information content (AvgIpc) is 2.96. The number of hydrogen-bond acceptors (Lipinski definition) is 5. The number of para-hydroxylation sites is 1. The maximum Gasteiger partial charge on any atom is 0.286 e. The number of carbonyl (C=O) groups is 1. The van der Waals surface area contributed by atoms with Crippen molar-refractivity contribution in [2.45, 2.75) is 13.3 Å². The molecule has 1 aromatic rings. The summed E-state index contributed by atoms with van der Waals surface area (Å²) in [6.45, 7) is 5.66. The fraction of sp³-hybridized carbons (Fsp3) is 0.412. The predicted molar refractivity (Wildman–Crippen MR) is 92.6 cm³/mol. The number of thioether (sulfide) groups is 1. The molecule has 3 rings (SSSR count). The third kappa shape index (κ3) is 3.95. The number of aliphatic imine (C=N–C) groups is 1. The second-order valence-electron chi connectivity index (χ2n) is 5.30. The molecule has 0 bridgehead atoms. The van der Waals surface area contributed by atoms with Crippen LogP contribution in [0.15, 0.2) is 34.2 Å². The van der Waals surface area contributed by atoms with E-state index in [0.29, 0.717) is 24.7 Å². The lowest BCUT2D eigenvalue weighted by Crippen LogP contribution is -2.38. The molecular formula is C17H20N2O3S. The van der Waals surface area contributed by atoms with Gasteiger partial charge in [-0.05, 0) is 30.3 Å². The number of hydrogen-bond donors (Lipinski definition) is 0. The maximum atomic E-state index is 12.2. The number of ether oxygens (including phenoxy) is 2. The summed E-state index contributed by atoms with van der Waals surface area (Å²) in [5.41, 5.74) is 0.912. The number of morpholine rings is 1. The molecule has 0 unspecified atom stereocenters. The van der Waals surface area contributed by atoms with Gasteiger partial charge in [0.1, 0.15) is 5.75 Å². The molecule has 6 heteroatoms. The van der Waals surface area contributed by atoms with Crippen LogP contribution in [0.4, 0.5) is 0 Å². The zero-order chi connectivity index (χ0) is 16.1. The van der Waals surface area contributed by atoms with Crippen LogP contribution in [0.3, 0.4) is 0 Å². The van der Waals surface area contributed by atoms with Gasteiger partial charge in [-0.3, -0.25) is 4.79 Å². The highest BCUT2D eigenvalue weighted by Gasteiger charge is 2.27. The van der Waals surface area contributed by atoms with Gasteiger partial charge in [0, 0.05) is 18.7 Å². The van der Waals surface area contributed by atoms with Crippen molar-refractivity contribution < 1.29 is 14.3 Å². The summed E-state index contributed by atoms with van der Waals surface area (Å²) in [7, 11) is 0. The van der Waals surface area contributed by atoms with E-state index in [1.807, 2.05) is 30.3 Å². The lowest BCUT2D eigenvalue weighted by atomic mass is 10.2. The molecule has 1 amide bonds. The Bertz CT molecular complexity index is 636. The largest absolute Gasteiger partial charge is 0.493 e. The minimum absolute atomic E-state index is 0.179. The molecule has 0 radical (unpaired) electrons. The SMILES string of the molecule is CCCOc1ccccc1/C=C1/SC(N2CCOCC2)=NC1=O. The van der Waals surface area contributed by atoms with Gasteiger partial charge in [0.05, 0.1) is 24.7 Å². The zero-order valence-corrected chi connectivity index (χ0v) is 14.0. The lowest BCUT2D eigenvalue weighted by molar-refractivity contribution is -0.113. The first kappa shape index (κ1) is 16.1. The summed E-state index contributed by atoms with van der Waals surface area (Å²) in [5, 5.41) is 0.775. The Hall–Kier alpha value is -1.79. The molecule has 0 atom stereocenters. The van der Waals surface area contributed by atoms with Crippen LogP contribution in [-0.2, 0) is 9.53 Å². The van der Waals surface area contributed by atoms with Crippen molar-refractivity contribution in [2.24, 2.45) is 4.99 Å². The molecule has 5 nitrogen and oxygen atoms in total. The van der Waals surface area contributed by atoms with Gasteiger partial charge in [-0.15, -0.1) is 0 Å². The van der Waals surface area contributed by atoms with Gasteiger partial charge in [0.25, 0.3) is 5.91 Å². The van der Waals surface area contributed by atoms with Gasteiger partial charge in [0.15, 0.2) is 5.17 Å². The molecule has 1 aromatic carbocycles. The maximum absolute atomic E-state index is 12.2. The number of amidine groups is 1. The van der Waals surface area contributed by atoms with Crippen LogP contribution in [0, 0.1) is 0 Å². The van der Waals surface area contributed by atoms with Gasteiger partial charge in [0.2, 0.25) is 0 Å². The van der Waals surface area contributed by atoms with Crippen molar-refractivity contribution >= 4 is 28.9 Å². The second-order valence-corrected chi connectivity index (χ2v) is 6.30. The second kappa shape index (κ2) is 7.66. The van der Waals surface area contributed by atoms with E-state index in [1.165, 1.54) is 11.8 Å². The first-order valence-electron chi connectivity index (χ1n) is 7.85. The number of amides is 1. The first-order chi connectivity index (χ1) is 11.3. The predicted octanol–water partition coefficient (Wildman–Crippen LogP) is 2.78. The summed E-state index contributed by atoms with van der Waals surface area (Å²) in [6.07, 6.45) is 2.82. The molecule has 1 fully saturated rings. The summed E-state index contributed by atoms with van der Waals surface area (Å²) in [5.74, 6) is 0.622. The minimum Gasteiger partial charge on any atom is -0.493 e. The normalized spacial score (nSPS) is 20.0. The molecule has 0 aliphatic carbocycles. The van der Waals surface area contributed by atoms with E-state index in [4.69, 9.17) is 9.47 Å². The number of benzene rings is 1. The van der Waals surface area contributed by atoms with Crippen molar-refractivity contribution in [3.05, 3.63) is 34.7 Å². The van der Waals surface area contributed by atoms with Gasteiger partial charge in [-0.2, -0.15) is 4.99 Å². The van der Waals surface area contributed by atoms with E-state index >= 15 is 0 Å². The molecule has 2 heterocycles. The molecule has 1 saturated heterocycles. The van der Waals surface area contributed by atoms with E-state index < -0.39 is 0 Å². The van der Waals surface area contributed by atoms with Crippen LogP contribution in [0.2, 0.25) is 0 Å². The molecule has 0 aromatic heterocycles. The fourth-order valence-corrected chi connectivity index (χ4v) is 3.33.